The SMILES string of the molecule is CC(C)(C)OC(=O)NC(Cc1ncc(O)cn1)C(=O)O. The predicted molar refractivity (Wildman–Crippen MR) is 68.2 cm³/mol. The highest BCUT2D eigenvalue weighted by Gasteiger charge is 2.25. The van der Waals surface area contributed by atoms with Crippen molar-refractivity contribution in [3.8, 4) is 5.75 Å². The van der Waals surface area contributed by atoms with Crippen LogP contribution in [0.3, 0.4) is 0 Å². The molecule has 1 unspecified atom stereocenters. The second-order valence-corrected chi connectivity index (χ2v) is 5.10. The fourth-order valence-electron chi connectivity index (χ4n) is 1.29. The zero-order chi connectivity index (χ0) is 15.3. The Morgan fingerprint density at radius 2 is 1.90 bits per heavy atom. The Kier molecular flexibility index (Phi) is 4.84. The van der Waals surface area contributed by atoms with Gasteiger partial charge in [0.25, 0.3) is 0 Å². The van der Waals surface area contributed by atoms with Crippen LogP contribution in [0.2, 0.25) is 0 Å². The van der Waals surface area contributed by atoms with Gasteiger partial charge in [-0.3, -0.25) is 0 Å². The second-order valence-electron chi connectivity index (χ2n) is 5.10. The summed E-state index contributed by atoms with van der Waals surface area (Å²) in [7, 11) is 0. The molecular formula is C12H17N3O5. The van der Waals surface area contributed by atoms with Crippen LogP contribution in [0.15, 0.2) is 12.4 Å². The molecule has 1 amide bonds. The van der Waals surface area contributed by atoms with E-state index in [9.17, 15) is 9.59 Å². The van der Waals surface area contributed by atoms with Crippen molar-refractivity contribution in [1.82, 2.24) is 15.3 Å². The summed E-state index contributed by atoms with van der Waals surface area (Å²) in [5.41, 5.74) is -0.720. The predicted octanol–water partition coefficient (Wildman–Crippen LogP) is 0.703. The summed E-state index contributed by atoms with van der Waals surface area (Å²) >= 11 is 0. The molecule has 0 aliphatic heterocycles. The van der Waals surface area contributed by atoms with Gasteiger partial charge in [0.1, 0.15) is 17.5 Å². The third-order valence-electron chi connectivity index (χ3n) is 2.07. The Morgan fingerprint density at radius 1 is 1.35 bits per heavy atom. The van der Waals surface area contributed by atoms with E-state index in [1.165, 1.54) is 0 Å². The summed E-state index contributed by atoms with van der Waals surface area (Å²) in [5, 5.41) is 20.3. The molecule has 0 aliphatic rings. The lowest BCUT2D eigenvalue weighted by Gasteiger charge is -2.21. The van der Waals surface area contributed by atoms with Gasteiger partial charge in [-0.1, -0.05) is 0 Å². The van der Waals surface area contributed by atoms with Gasteiger partial charge in [0, 0.05) is 6.42 Å². The summed E-state index contributed by atoms with van der Waals surface area (Å²) in [5.74, 6) is -1.17. The van der Waals surface area contributed by atoms with E-state index in [0.29, 0.717) is 0 Å². The molecule has 20 heavy (non-hydrogen) atoms. The van der Waals surface area contributed by atoms with Crippen LogP contribution in [0, 0.1) is 0 Å². The van der Waals surface area contributed by atoms with Crippen molar-refractivity contribution in [3.05, 3.63) is 18.2 Å². The third kappa shape index (κ3) is 5.51. The molecule has 1 atom stereocenters. The van der Waals surface area contributed by atoms with Crippen molar-refractivity contribution in [1.29, 1.82) is 0 Å². The second kappa shape index (κ2) is 6.18. The van der Waals surface area contributed by atoms with Crippen LogP contribution in [-0.4, -0.2) is 43.9 Å². The summed E-state index contributed by atoms with van der Waals surface area (Å²) in [6.45, 7) is 5.02. The minimum absolute atomic E-state index is 0.116. The molecule has 0 aliphatic carbocycles. The number of aromatic hydroxyl groups is 1. The zero-order valence-electron chi connectivity index (χ0n) is 11.5. The molecule has 0 radical (unpaired) electrons. The number of carbonyl (C=O) groups excluding carboxylic acids is 1. The number of amides is 1. The molecule has 0 fully saturated rings. The lowest BCUT2D eigenvalue weighted by molar-refractivity contribution is -0.139. The number of hydrogen-bond donors (Lipinski definition) is 3. The van der Waals surface area contributed by atoms with Crippen molar-refractivity contribution in [3.63, 3.8) is 0 Å². The number of ether oxygens (including phenoxy) is 1. The smallest absolute Gasteiger partial charge is 0.408 e. The molecule has 0 spiro atoms. The Balaban J connectivity index is 2.68. The van der Waals surface area contributed by atoms with Crippen molar-refractivity contribution >= 4 is 12.1 Å². The quantitative estimate of drug-likeness (QED) is 0.743. The summed E-state index contributed by atoms with van der Waals surface area (Å²) in [6.07, 6.45) is 1.35. The minimum atomic E-state index is -1.23. The lowest BCUT2D eigenvalue weighted by Crippen LogP contribution is -2.44. The first-order valence-corrected chi connectivity index (χ1v) is 5.89. The largest absolute Gasteiger partial charge is 0.505 e. The van der Waals surface area contributed by atoms with Crippen LogP contribution in [0.1, 0.15) is 26.6 Å². The fourth-order valence-corrected chi connectivity index (χ4v) is 1.29. The van der Waals surface area contributed by atoms with E-state index >= 15 is 0 Å². The first-order valence-electron chi connectivity index (χ1n) is 5.89. The van der Waals surface area contributed by atoms with E-state index in [0.717, 1.165) is 12.4 Å². The number of nitrogens with zero attached hydrogens (tertiary/aromatic N) is 2. The highest BCUT2D eigenvalue weighted by atomic mass is 16.6. The zero-order valence-corrected chi connectivity index (χ0v) is 11.5. The molecular weight excluding hydrogens is 266 g/mol. The number of carboxylic acid groups (broad SMARTS) is 1. The van der Waals surface area contributed by atoms with E-state index in [2.05, 4.69) is 15.3 Å². The monoisotopic (exact) mass is 283 g/mol. The highest BCUT2D eigenvalue weighted by molar-refractivity contribution is 5.80. The van der Waals surface area contributed by atoms with Crippen LogP contribution in [0.5, 0.6) is 5.75 Å². The van der Waals surface area contributed by atoms with Crippen LogP contribution in [-0.2, 0) is 16.0 Å². The van der Waals surface area contributed by atoms with Crippen LogP contribution in [0.25, 0.3) is 0 Å². The Morgan fingerprint density at radius 3 is 2.35 bits per heavy atom. The van der Waals surface area contributed by atoms with Gasteiger partial charge in [0.05, 0.1) is 12.4 Å². The van der Waals surface area contributed by atoms with E-state index in [1.54, 1.807) is 20.8 Å². The maximum Gasteiger partial charge on any atom is 0.408 e. The maximum atomic E-state index is 11.5. The first-order chi connectivity index (χ1) is 9.17. The van der Waals surface area contributed by atoms with Crippen LogP contribution >= 0.6 is 0 Å². The first kappa shape index (κ1) is 15.7. The van der Waals surface area contributed by atoms with E-state index < -0.39 is 23.7 Å². The van der Waals surface area contributed by atoms with Gasteiger partial charge in [-0.05, 0) is 20.8 Å². The topological polar surface area (TPSA) is 122 Å². The summed E-state index contributed by atoms with van der Waals surface area (Å²) < 4.78 is 4.98. The summed E-state index contributed by atoms with van der Waals surface area (Å²) in [4.78, 5) is 30.2. The van der Waals surface area contributed by atoms with Gasteiger partial charge in [-0.25, -0.2) is 19.6 Å². The molecule has 0 aromatic carbocycles. The molecule has 1 aromatic heterocycles. The number of aliphatic carboxylic acids is 1. The van der Waals surface area contributed by atoms with Gasteiger partial charge in [-0.15, -0.1) is 0 Å². The molecule has 8 heteroatoms. The molecule has 0 saturated carbocycles. The number of aromatic nitrogens is 2. The van der Waals surface area contributed by atoms with Gasteiger partial charge >= 0.3 is 12.1 Å². The fraction of sp³-hybridized carbons (Fsp3) is 0.500. The minimum Gasteiger partial charge on any atom is -0.505 e. The van der Waals surface area contributed by atoms with Crippen molar-refractivity contribution in [2.75, 3.05) is 0 Å². The van der Waals surface area contributed by atoms with Crippen LogP contribution < -0.4 is 5.32 Å². The van der Waals surface area contributed by atoms with Gasteiger partial charge in [-0.2, -0.15) is 0 Å². The Bertz CT molecular complexity index is 481. The van der Waals surface area contributed by atoms with Gasteiger partial charge < -0.3 is 20.3 Å². The normalized spacial score (nSPS) is 12.6. The summed E-state index contributed by atoms with van der Waals surface area (Å²) in [6, 6.07) is -1.21. The molecule has 0 bridgehead atoms. The van der Waals surface area contributed by atoms with Crippen molar-refractivity contribution in [2.45, 2.75) is 38.8 Å². The van der Waals surface area contributed by atoms with Crippen molar-refractivity contribution in [2.24, 2.45) is 0 Å². The van der Waals surface area contributed by atoms with E-state index in [4.69, 9.17) is 14.9 Å². The molecule has 1 aromatic rings. The maximum absolute atomic E-state index is 11.5. The molecule has 0 saturated heterocycles. The average molecular weight is 283 g/mol. The average Bonchev–Trinajstić information content (AvgIpc) is 2.28. The number of rotatable bonds is 4. The number of carbonyl (C=O) groups is 2. The van der Waals surface area contributed by atoms with E-state index in [-0.39, 0.29) is 18.0 Å². The van der Waals surface area contributed by atoms with Crippen LogP contribution in [0.4, 0.5) is 4.79 Å². The Hall–Kier alpha value is -2.38. The lowest BCUT2D eigenvalue weighted by atomic mass is 10.2. The number of nitrogens with one attached hydrogen (secondary N) is 1. The molecule has 1 rings (SSSR count). The number of hydrogen-bond acceptors (Lipinski definition) is 6. The molecule has 8 nitrogen and oxygen atoms in total. The van der Waals surface area contributed by atoms with E-state index in [1.807, 2.05) is 0 Å². The van der Waals surface area contributed by atoms with Gasteiger partial charge in [0.15, 0.2) is 5.75 Å². The van der Waals surface area contributed by atoms with Crippen molar-refractivity contribution < 1.29 is 24.5 Å². The molecule has 110 valence electrons. The molecule has 3 N–H and O–H groups in total. The Labute approximate surface area is 115 Å². The third-order valence-corrected chi connectivity index (χ3v) is 2.07. The standard InChI is InChI=1S/C12H17N3O5/c1-12(2,3)20-11(19)15-8(10(17)18)4-9-13-5-7(16)6-14-9/h5-6,8,16H,4H2,1-3H3,(H,15,19)(H,17,18). The van der Waals surface area contributed by atoms with Gasteiger partial charge in [0.2, 0.25) is 0 Å². The highest BCUT2D eigenvalue weighted by Crippen LogP contribution is 2.08. The molecule has 1 heterocycles. The number of alkyl carbamates (subject to hydrolysis) is 1. The number of carboxylic acids is 1.